The fourth-order valence-corrected chi connectivity index (χ4v) is 2.87. The summed E-state index contributed by atoms with van der Waals surface area (Å²) in [6.45, 7) is 9.88. The lowest BCUT2D eigenvalue weighted by atomic mass is 10.0. The molecule has 2 rings (SSSR count). The number of hydrogen-bond donors (Lipinski definition) is 1. The second kappa shape index (κ2) is 8.23. The van der Waals surface area contributed by atoms with Gasteiger partial charge >= 0.3 is 5.97 Å². The van der Waals surface area contributed by atoms with Gasteiger partial charge in [-0.3, -0.25) is 0 Å². The number of nitrogens with zero attached hydrogens (tertiary/aromatic N) is 2. The maximum atomic E-state index is 12.3. The number of carbonyl (C=O) groups is 1. The van der Waals surface area contributed by atoms with Gasteiger partial charge in [0.15, 0.2) is 0 Å². The van der Waals surface area contributed by atoms with Crippen LogP contribution < -0.4 is 5.32 Å². The second-order valence-electron chi connectivity index (χ2n) is 6.90. The topological polar surface area (TPSA) is 64.1 Å². The number of hydrogen-bond acceptors (Lipinski definition) is 5. The summed E-state index contributed by atoms with van der Waals surface area (Å²) >= 11 is 12.3. The molecule has 0 radical (unpaired) electrons. The third-order valence-electron chi connectivity index (χ3n) is 3.52. The van der Waals surface area contributed by atoms with Crippen LogP contribution in [0.15, 0.2) is 18.2 Å². The SMILES string of the molecule is CCNc1nc(C(=O)OC(C)(C)C)nc(C)c1Cc1ccc(Cl)cc1Cl. The van der Waals surface area contributed by atoms with Crippen molar-refractivity contribution in [2.75, 3.05) is 11.9 Å². The maximum Gasteiger partial charge on any atom is 0.376 e. The Morgan fingerprint density at radius 2 is 1.92 bits per heavy atom. The van der Waals surface area contributed by atoms with E-state index in [2.05, 4.69) is 15.3 Å². The van der Waals surface area contributed by atoms with Crippen molar-refractivity contribution in [3.05, 3.63) is 50.9 Å². The van der Waals surface area contributed by atoms with Gasteiger partial charge < -0.3 is 10.1 Å². The van der Waals surface area contributed by atoms with Crippen LogP contribution >= 0.6 is 23.2 Å². The van der Waals surface area contributed by atoms with Crippen LogP contribution in [0.2, 0.25) is 10.0 Å². The van der Waals surface area contributed by atoms with E-state index in [0.29, 0.717) is 34.5 Å². The molecule has 0 aliphatic rings. The summed E-state index contributed by atoms with van der Waals surface area (Å²) in [4.78, 5) is 21.1. The molecular formula is C19H23Cl2N3O2. The molecule has 1 heterocycles. The number of rotatable bonds is 5. The molecule has 0 saturated carbocycles. The van der Waals surface area contributed by atoms with Crippen LogP contribution in [0.25, 0.3) is 0 Å². The molecule has 0 saturated heterocycles. The van der Waals surface area contributed by atoms with E-state index in [1.807, 2.05) is 19.9 Å². The first-order chi connectivity index (χ1) is 12.1. The number of halogens is 2. The predicted octanol–water partition coefficient (Wildman–Crippen LogP) is 5.07. The summed E-state index contributed by atoms with van der Waals surface area (Å²) < 4.78 is 5.37. The molecule has 0 spiro atoms. The molecule has 7 heteroatoms. The van der Waals surface area contributed by atoms with Crippen LogP contribution in [0.3, 0.4) is 0 Å². The van der Waals surface area contributed by atoms with Crippen molar-refractivity contribution in [3.63, 3.8) is 0 Å². The van der Waals surface area contributed by atoms with Crippen molar-refractivity contribution in [1.29, 1.82) is 0 Å². The average molecular weight is 396 g/mol. The molecule has 0 aliphatic heterocycles. The minimum absolute atomic E-state index is 0.0410. The lowest BCUT2D eigenvalue weighted by Crippen LogP contribution is -2.26. The van der Waals surface area contributed by atoms with Crippen molar-refractivity contribution >= 4 is 35.0 Å². The third-order valence-corrected chi connectivity index (χ3v) is 4.11. The van der Waals surface area contributed by atoms with Gasteiger partial charge in [-0.25, -0.2) is 14.8 Å². The van der Waals surface area contributed by atoms with Crippen LogP contribution in [0.4, 0.5) is 5.82 Å². The smallest absolute Gasteiger partial charge is 0.376 e. The molecule has 0 amide bonds. The fraction of sp³-hybridized carbons (Fsp3) is 0.421. The summed E-state index contributed by atoms with van der Waals surface area (Å²) in [6.07, 6.45) is 0.527. The van der Waals surface area contributed by atoms with Crippen LogP contribution in [0, 0.1) is 6.92 Å². The normalized spacial score (nSPS) is 11.3. The molecule has 1 N–H and O–H groups in total. The highest BCUT2D eigenvalue weighted by Gasteiger charge is 2.23. The lowest BCUT2D eigenvalue weighted by molar-refractivity contribution is 0.00553. The van der Waals surface area contributed by atoms with Crippen LogP contribution in [0.5, 0.6) is 0 Å². The molecule has 140 valence electrons. The Morgan fingerprint density at radius 1 is 1.23 bits per heavy atom. The number of aromatic nitrogens is 2. The molecule has 2 aromatic rings. The van der Waals surface area contributed by atoms with Crippen molar-refractivity contribution in [1.82, 2.24) is 9.97 Å². The van der Waals surface area contributed by atoms with Gasteiger partial charge in [0.25, 0.3) is 0 Å². The number of carbonyl (C=O) groups excluding carboxylic acids is 1. The molecule has 0 bridgehead atoms. The fourth-order valence-electron chi connectivity index (χ4n) is 2.39. The van der Waals surface area contributed by atoms with Gasteiger partial charge in [-0.15, -0.1) is 0 Å². The van der Waals surface area contributed by atoms with E-state index in [4.69, 9.17) is 27.9 Å². The standard InChI is InChI=1S/C19H23Cl2N3O2/c1-6-22-16-14(9-12-7-8-13(20)10-15(12)21)11(2)23-17(24-16)18(25)26-19(3,4)5/h7-8,10H,6,9H2,1-5H3,(H,22,23,24). The van der Waals surface area contributed by atoms with Gasteiger partial charge in [0.05, 0.1) is 0 Å². The number of nitrogens with one attached hydrogen (secondary N) is 1. The van der Waals surface area contributed by atoms with E-state index in [0.717, 1.165) is 11.1 Å². The first kappa shape index (κ1) is 20.5. The molecule has 5 nitrogen and oxygen atoms in total. The molecule has 1 aromatic heterocycles. The number of aryl methyl sites for hydroxylation is 1. The Morgan fingerprint density at radius 3 is 2.50 bits per heavy atom. The predicted molar refractivity (Wildman–Crippen MR) is 105 cm³/mol. The average Bonchev–Trinajstić information content (AvgIpc) is 2.50. The Balaban J connectivity index is 2.41. The number of esters is 1. The molecular weight excluding hydrogens is 373 g/mol. The van der Waals surface area contributed by atoms with Crippen molar-refractivity contribution < 1.29 is 9.53 Å². The first-order valence-corrected chi connectivity index (χ1v) is 9.15. The van der Waals surface area contributed by atoms with E-state index < -0.39 is 11.6 Å². The van der Waals surface area contributed by atoms with Gasteiger partial charge in [-0.1, -0.05) is 29.3 Å². The zero-order chi connectivity index (χ0) is 19.5. The minimum Gasteiger partial charge on any atom is -0.454 e. The monoisotopic (exact) mass is 395 g/mol. The maximum absolute atomic E-state index is 12.3. The highest BCUT2D eigenvalue weighted by molar-refractivity contribution is 6.35. The minimum atomic E-state index is -0.609. The van der Waals surface area contributed by atoms with Gasteiger partial charge in [-0.2, -0.15) is 0 Å². The van der Waals surface area contributed by atoms with E-state index in [-0.39, 0.29) is 5.82 Å². The zero-order valence-corrected chi connectivity index (χ0v) is 17.1. The molecule has 0 atom stereocenters. The Kier molecular flexibility index (Phi) is 6.48. The quantitative estimate of drug-likeness (QED) is 0.715. The summed E-state index contributed by atoms with van der Waals surface area (Å²) in [5, 5.41) is 4.36. The largest absolute Gasteiger partial charge is 0.454 e. The molecule has 0 aliphatic carbocycles. The Bertz CT molecular complexity index is 817. The summed E-state index contributed by atoms with van der Waals surface area (Å²) in [6, 6.07) is 5.37. The van der Waals surface area contributed by atoms with Crippen LogP contribution in [-0.2, 0) is 11.2 Å². The lowest BCUT2D eigenvalue weighted by Gasteiger charge is -2.20. The third kappa shape index (κ3) is 5.32. The van der Waals surface area contributed by atoms with E-state index in [9.17, 15) is 4.79 Å². The van der Waals surface area contributed by atoms with Gasteiger partial charge in [0.2, 0.25) is 5.82 Å². The number of benzene rings is 1. The van der Waals surface area contributed by atoms with Crippen molar-refractivity contribution in [3.8, 4) is 0 Å². The zero-order valence-electron chi connectivity index (χ0n) is 15.6. The summed E-state index contributed by atoms with van der Waals surface area (Å²) in [5.74, 6) is 0.0991. The van der Waals surface area contributed by atoms with Crippen LogP contribution in [-0.4, -0.2) is 28.1 Å². The molecule has 0 fully saturated rings. The second-order valence-corrected chi connectivity index (χ2v) is 7.75. The highest BCUT2D eigenvalue weighted by atomic mass is 35.5. The molecule has 1 aromatic carbocycles. The van der Waals surface area contributed by atoms with E-state index >= 15 is 0 Å². The van der Waals surface area contributed by atoms with E-state index in [1.165, 1.54) is 0 Å². The Hall–Kier alpha value is -1.85. The van der Waals surface area contributed by atoms with Gasteiger partial charge in [0, 0.05) is 34.3 Å². The van der Waals surface area contributed by atoms with Crippen molar-refractivity contribution in [2.24, 2.45) is 0 Å². The highest BCUT2D eigenvalue weighted by Crippen LogP contribution is 2.27. The number of ether oxygens (including phenoxy) is 1. The Labute approximate surface area is 164 Å². The molecule has 26 heavy (non-hydrogen) atoms. The van der Waals surface area contributed by atoms with E-state index in [1.54, 1.807) is 32.9 Å². The van der Waals surface area contributed by atoms with Crippen LogP contribution in [0.1, 0.15) is 55.1 Å². The van der Waals surface area contributed by atoms with Crippen molar-refractivity contribution in [2.45, 2.75) is 46.6 Å². The van der Waals surface area contributed by atoms with Gasteiger partial charge in [0.1, 0.15) is 11.4 Å². The summed E-state index contributed by atoms with van der Waals surface area (Å²) in [5.41, 5.74) is 1.88. The molecule has 0 unspecified atom stereocenters. The number of anilines is 1. The first-order valence-electron chi connectivity index (χ1n) is 8.39. The van der Waals surface area contributed by atoms with Gasteiger partial charge in [-0.05, 0) is 52.3 Å². The summed E-state index contributed by atoms with van der Waals surface area (Å²) in [7, 11) is 0.